The molecule has 118 valence electrons. The molecule has 0 spiro atoms. The zero-order valence-corrected chi connectivity index (χ0v) is 13.4. The number of rotatable bonds is 5. The summed E-state index contributed by atoms with van der Waals surface area (Å²) in [5.41, 5.74) is 10.6. The van der Waals surface area contributed by atoms with Crippen LogP contribution in [0.5, 0.6) is 0 Å². The smallest absolute Gasteiger partial charge is 0.0767 e. The summed E-state index contributed by atoms with van der Waals surface area (Å²) in [4.78, 5) is 0. The van der Waals surface area contributed by atoms with Crippen LogP contribution in [-0.4, -0.2) is 22.9 Å². The molecule has 0 bridgehead atoms. The molecule has 0 atom stereocenters. The van der Waals surface area contributed by atoms with Gasteiger partial charge in [0.05, 0.1) is 23.3 Å². The second-order valence-electron chi connectivity index (χ2n) is 6.24. The molecule has 1 aromatic carbocycles. The first kappa shape index (κ1) is 15.1. The van der Waals surface area contributed by atoms with E-state index in [4.69, 9.17) is 5.73 Å². The number of aromatic nitrogens is 2. The number of nitrogens with one attached hydrogen (secondary N) is 1. The van der Waals surface area contributed by atoms with Gasteiger partial charge in [-0.2, -0.15) is 5.10 Å². The zero-order valence-electron chi connectivity index (χ0n) is 13.4. The Labute approximate surface area is 132 Å². The molecule has 0 radical (unpaired) electrons. The average molecular weight is 298 g/mol. The molecule has 22 heavy (non-hydrogen) atoms. The normalized spacial score (nSPS) is 15.9. The van der Waals surface area contributed by atoms with Crippen molar-refractivity contribution in [3.05, 3.63) is 41.7 Å². The number of hydrogen-bond acceptors (Lipinski definition) is 3. The van der Waals surface area contributed by atoms with Crippen molar-refractivity contribution >= 4 is 5.69 Å². The Bertz CT molecular complexity index is 594. The van der Waals surface area contributed by atoms with Gasteiger partial charge in [0.2, 0.25) is 0 Å². The summed E-state index contributed by atoms with van der Waals surface area (Å²) in [5, 5.41) is 8.11. The Balaban J connectivity index is 1.97. The molecular weight excluding hydrogens is 272 g/mol. The van der Waals surface area contributed by atoms with Crippen LogP contribution in [0.25, 0.3) is 5.69 Å². The van der Waals surface area contributed by atoms with Gasteiger partial charge >= 0.3 is 0 Å². The molecule has 3 N–H and O–H groups in total. The lowest BCUT2D eigenvalue weighted by molar-refractivity contribution is 0.430. The number of hydrogen-bond donors (Lipinski definition) is 2. The molecule has 3 rings (SSSR count). The Kier molecular flexibility index (Phi) is 4.78. The Morgan fingerprint density at radius 1 is 1.18 bits per heavy atom. The number of nitrogens with zero attached hydrogens (tertiary/aromatic N) is 2. The lowest BCUT2D eigenvalue weighted by atomic mass is 9.86. The van der Waals surface area contributed by atoms with Crippen molar-refractivity contribution in [2.24, 2.45) is 5.73 Å². The molecule has 0 unspecified atom stereocenters. The quantitative estimate of drug-likeness (QED) is 0.886. The van der Waals surface area contributed by atoms with Crippen LogP contribution in [0, 0.1) is 6.92 Å². The summed E-state index contributed by atoms with van der Waals surface area (Å²) in [6, 6.07) is 8.60. The van der Waals surface area contributed by atoms with E-state index in [1.807, 2.05) is 6.20 Å². The zero-order chi connectivity index (χ0) is 15.4. The third-order valence-corrected chi connectivity index (χ3v) is 4.54. The minimum atomic E-state index is 0.595. The van der Waals surface area contributed by atoms with Gasteiger partial charge in [-0.1, -0.05) is 37.0 Å². The average Bonchev–Trinajstić information content (AvgIpc) is 2.98. The minimum Gasteiger partial charge on any atom is -0.381 e. The van der Waals surface area contributed by atoms with Gasteiger partial charge in [0, 0.05) is 19.0 Å². The van der Waals surface area contributed by atoms with E-state index in [0.29, 0.717) is 12.5 Å². The summed E-state index contributed by atoms with van der Waals surface area (Å²) >= 11 is 0. The third-order valence-electron chi connectivity index (χ3n) is 4.54. The van der Waals surface area contributed by atoms with Crippen molar-refractivity contribution in [1.82, 2.24) is 9.78 Å². The highest BCUT2D eigenvalue weighted by Crippen LogP contribution is 2.37. The van der Waals surface area contributed by atoms with E-state index in [2.05, 4.69) is 46.3 Å². The molecule has 2 aromatic rings. The van der Waals surface area contributed by atoms with Gasteiger partial charge in [0.25, 0.3) is 0 Å². The van der Waals surface area contributed by atoms with Crippen LogP contribution >= 0.6 is 0 Å². The van der Waals surface area contributed by atoms with Gasteiger partial charge in [0.15, 0.2) is 0 Å². The first-order chi connectivity index (χ1) is 10.8. The van der Waals surface area contributed by atoms with Crippen LogP contribution in [0.2, 0.25) is 0 Å². The fourth-order valence-corrected chi connectivity index (χ4v) is 3.36. The monoisotopic (exact) mass is 298 g/mol. The molecule has 4 heteroatoms. The maximum atomic E-state index is 5.65. The predicted molar refractivity (Wildman–Crippen MR) is 91.7 cm³/mol. The maximum Gasteiger partial charge on any atom is 0.0767 e. The van der Waals surface area contributed by atoms with E-state index >= 15 is 0 Å². The van der Waals surface area contributed by atoms with Crippen LogP contribution in [0.15, 0.2) is 30.5 Å². The molecule has 0 saturated heterocycles. The Morgan fingerprint density at radius 3 is 2.59 bits per heavy atom. The summed E-state index contributed by atoms with van der Waals surface area (Å²) in [6.07, 6.45) is 8.48. The standard InChI is InChI=1S/C18H26N4/c1-14-7-9-16(10-8-14)22-18(15-5-3-2-4-6-15)17(13-21-22)20-12-11-19/h7-10,13,15,20H,2-6,11-12,19H2,1H3. The van der Waals surface area contributed by atoms with E-state index in [1.165, 1.54) is 43.4 Å². The van der Waals surface area contributed by atoms with Crippen molar-refractivity contribution in [3.63, 3.8) is 0 Å². The number of benzene rings is 1. The number of aryl methyl sites for hydroxylation is 1. The highest BCUT2D eigenvalue weighted by molar-refractivity contribution is 5.52. The highest BCUT2D eigenvalue weighted by Gasteiger charge is 2.23. The van der Waals surface area contributed by atoms with Crippen LogP contribution in [-0.2, 0) is 0 Å². The Morgan fingerprint density at radius 2 is 1.91 bits per heavy atom. The molecule has 1 heterocycles. The van der Waals surface area contributed by atoms with E-state index < -0.39 is 0 Å². The molecule has 1 aliphatic carbocycles. The SMILES string of the molecule is Cc1ccc(-n2ncc(NCCN)c2C2CCCCC2)cc1. The van der Waals surface area contributed by atoms with Crippen LogP contribution in [0.1, 0.15) is 49.3 Å². The molecule has 0 amide bonds. The third kappa shape index (κ3) is 3.17. The predicted octanol–water partition coefficient (Wildman–Crippen LogP) is 3.60. The summed E-state index contributed by atoms with van der Waals surface area (Å²) in [7, 11) is 0. The van der Waals surface area contributed by atoms with Gasteiger partial charge < -0.3 is 11.1 Å². The van der Waals surface area contributed by atoms with Crippen LogP contribution < -0.4 is 11.1 Å². The second kappa shape index (κ2) is 6.97. The molecule has 1 aromatic heterocycles. The molecule has 4 nitrogen and oxygen atoms in total. The van der Waals surface area contributed by atoms with Crippen molar-refractivity contribution in [1.29, 1.82) is 0 Å². The number of nitrogens with two attached hydrogens (primary N) is 1. The molecular formula is C18H26N4. The van der Waals surface area contributed by atoms with E-state index in [9.17, 15) is 0 Å². The largest absolute Gasteiger partial charge is 0.381 e. The number of anilines is 1. The highest BCUT2D eigenvalue weighted by atomic mass is 15.3. The molecule has 1 aliphatic rings. The van der Waals surface area contributed by atoms with Gasteiger partial charge in [-0.3, -0.25) is 0 Å². The van der Waals surface area contributed by atoms with Crippen molar-refractivity contribution < 1.29 is 0 Å². The lowest BCUT2D eigenvalue weighted by Crippen LogP contribution is -2.16. The Hall–Kier alpha value is -1.81. The second-order valence-corrected chi connectivity index (χ2v) is 6.24. The van der Waals surface area contributed by atoms with E-state index in [-0.39, 0.29) is 0 Å². The van der Waals surface area contributed by atoms with Crippen molar-refractivity contribution in [2.75, 3.05) is 18.4 Å². The minimum absolute atomic E-state index is 0.595. The summed E-state index contributed by atoms with van der Waals surface area (Å²) in [5.74, 6) is 0.595. The van der Waals surface area contributed by atoms with Gasteiger partial charge in [-0.25, -0.2) is 4.68 Å². The fourth-order valence-electron chi connectivity index (χ4n) is 3.36. The van der Waals surface area contributed by atoms with Crippen LogP contribution in [0.3, 0.4) is 0 Å². The first-order valence-corrected chi connectivity index (χ1v) is 8.38. The first-order valence-electron chi connectivity index (χ1n) is 8.38. The molecule has 1 fully saturated rings. The topological polar surface area (TPSA) is 55.9 Å². The molecule has 0 aliphatic heterocycles. The van der Waals surface area contributed by atoms with Crippen molar-refractivity contribution in [3.8, 4) is 5.69 Å². The van der Waals surface area contributed by atoms with Gasteiger partial charge in [-0.15, -0.1) is 0 Å². The fraction of sp³-hybridized carbons (Fsp3) is 0.500. The molecule has 1 saturated carbocycles. The van der Waals surface area contributed by atoms with Crippen molar-refractivity contribution in [2.45, 2.75) is 44.9 Å². The van der Waals surface area contributed by atoms with Gasteiger partial charge in [-0.05, 0) is 31.9 Å². The van der Waals surface area contributed by atoms with E-state index in [0.717, 1.165) is 17.9 Å². The lowest BCUT2D eigenvalue weighted by Gasteiger charge is -2.24. The summed E-state index contributed by atoms with van der Waals surface area (Å²) in [6.45, 7) is 3.54. The van der Waals surface area contributed by atoms with Crippen LogP contribution in [0.4, 0.5) is 5.69 Å². The maximum absolute atomic E-state index is 5.65. The van der Waals surface area contributed by atoms with E-state index in [1.54, 1.807) is 0 Å². The summed E-state index contributed by atoms with van der Waals surface area (Å²) < 4.78 is 2.12. The van der Waals surface area contributed by atoms with Gasteiger partial charge in [0.1, 0.15) is 0 Å².